The van der Waals surface area contributed by atoms with Crippen LogP contribution in [0.3, 0.4) is 0 Å². The molecule has 7 nitrogen and oxygen atoms in total. The highest BCUT2D eigenvalue weighted by Crippen LogP contribution is 2.47. The maximum Gasteiger partial charge on any atom is 0.417 e. The van der Waals surface area contributed by atoms with Gasteiger partial charge in [-0.15, -0.1) is 0 Å². The number of hydrogen-bond acceptors (Lipinski definition) is 5. The van der Waals surface area contributed by atoms with E-state index < -0.39 is 32.5 Å². The minimum absolute atomic E-state index is 0.151. The first-order valence-electron chi connectivity index (χ1n) is 9.69. The number of sulfonamides is 1. The topological polar surface area (TPSA) is 99.6 Å². The van der Waals surface area contributed by atoms with Crippen LogP contribution in [0, 0.1) is 0 Å². The summed E-state index contributed by atoms with van der Waals surface area (Å²) >= 11 is 0. The number of benzene rings is 1. The van der Waals surface area contributed by atoms with Crippen LogP contribution in [-0.2, 0) is 32.2 Å². The van der Waals surface area contributed by atoms with Gasteiger partial charge in [0.05, 0.1) is 11.3 Å². The molecule has 1 aliphatic carbocycles. The molecule has 1 saturated heterocycles. The van der Waals surface area contributed by atoms with Crippen molar-refractivity contribution in [3.8, 4) is 11.3 Å². The van der Waals surface area contributed by atoms with Crippen LogP contribution < -0.4 is 5.32 Å². The molecule has 1 fully saturated rings. The molecule has 31 heavy (non-hydrogen) atoms. The second-order valence-corrected chi connectivity index (χ2v) is 9.71. The minimum atomic E-state index is -4.53. The average Bonchev–Trinajstić information content (AvgIpc) is 3.15. The van der Waals surface area contributed by atoms with Crippen molar-refractivity contribution in [2.75, 3.05) is 26.2 Å². The zero-order chi connectivity index (χ0) is 22.4. The maximum atomic E-state index is 13.5. The first-order chi connectivity index (χ1) is 14.6. The number of rotatable bonds is 4. The van der Waals surface area contributed by atoms with Crippen LogP contribution in [0.4, 0.5) is 13.2 Å². The molecule has 2 N–H and O–H groups in total. The number of aromatic nitrogens is 1. The summed E-state index contributed by atoms with van der Waals surface area (Å²) in [6.45, 7) is 1.20. The molecule has 0 radical (unpaired) electrons. The van der Waals surface area contributed by atoms with Crippen LogP contribution in [0.15, 0.2) is 36.5 Å². The lowest BCUT2D eigenvalue weighted by Gasteiger charge is -2.35. The number of carboxylic acids is 1. The molecule has 0 spiro atoms. The number of fused-ring (bicyclic) bond motifs is 1. The van der Waals surface area contributed by atoms with E-state index >= 15 is 0 Å². The number of nitrogens with one attached hydrogen (secondary N) is 1. The largest absolute Gasteiger partial charge is 0.480 e. The summed E-state index contributed by atoms with van der Waals surface area (Å²) in [6.07, 6.45) is -3.81. The van der Waals surface area contributed by atoms with Crippen molar-refractivity contribution in [2.24, 2.45) is 0 Å². The van der Waals surface area contributed by atoms with Crippen molar-refractivity contribution in [3.63, 3.8) is 0 Å². The summed E-state index contributed by atoms with van der Waals surface area (Å²) in [6, 6.07) is 6.72. The predicted octanol–water partition coefficient (Wildman–Crippen LogP) is 2.23. The summed E-state index contributed by atoms with van der Waals surface area (Å²) in [4.78, 5) is 16.3. The van der Waals surface area contributed by atoms with E-state index in [9.17, 15) is 31.5 Å². The van der Waals surface area contributed by atoms with Gasteiger partial charge in [0, 0.05) is 37.9 Å². The zero-order valence-corrected chi connectivity index (χ0v) is 17.1. The van der Waals surface area contributed by atoms with Crippen LogP contribution in [0.1, 0.15) is 23.1 Å². The van der Waals surface area contributed by atoms with E-state index in [2.05, 4.69) is 10.3 Å². The van der Waals surface area contributed by atoms with E-state index in [-0.39, 0.29) is 37.2 Å². The smallest absolute Gasteiger partial charge is 0.417 e. The Balaban J connectivity index is 1.82. The van der Waals surface area contributed by atoms with Gasteiger partial charge < -0.3 is 10.4 Å². The number of piperazine rings is 1. The summed E-state index contributed by atoms with van der Waals surface area (Å²) in [7, 11) is -4.24. The SMILES string of the molecule is O=C(O)C1(S(=O)(=O)N2CCNCC2)CCc2c(-c3ccc(C(F)(F)F)cn3)cccc21. The Hall–Kier alpha value is -2.50. The molecule has 0 amide bonds. The molecule has 1 atom stereocenters. The molecule has 1 aromatic heterocycles. The summed E-state index contributed by atoms with van der Waals surface area (Å²) in [5, 5.41) is 13.1. The number of nitrogens with zero attached hydrogens (tertiary/aromatic N) is 2. The van der Waals surface area contributed by atoms with Crippen molar-refractivity contribution < 1.29 is 31.5 Å². The lowest BCUT2D eigenvalue weighted by Crippen LogP contribution is -2.55. The first-order valence-corrected chi connectivity index (χ1v) is 11.1. The molecule has 4 rings (SSSR count). The molecule has 1 aromatic carbocycles. The minimum Gasteiger partial charge on any atom is -0.480 e. The molecular weight excluding hydrogens is 435 g/mol. The van der Waals surface area contributed by atoms with Gasteiger partial charge in [0.2, 0.25) is 14.8 Å². The molecule has 1 unspecified atom stereocenters. The van der Waals surface area contributed by atoms with Crippen LogP contribution in [-0.4, -0.2) is 55.0 Å². The van der Waals surface area contributed by atoms with E-state index in [0.717, 1.165) is 6.07 Å². The summed E-state index contributed by atoms with van der Waals surface area (Å²) in [5.41, 5.74) is 0.397. The van der Waals surface area contributed by atoms with Crippen molar-refractivity contribution in [1.82, 2.24) is 14.6 Å². The van der Waals surface area contributed by atoms with Gasteiger partial charge in [-0.3, -0.25) is 9.78 Å². The highest BCUT2D eigenvalue weighted by atomic mass is 32.2. The highest BCUT2D eigenvalue weighted by molar-refractivity contribution is 7.90. The highest BCUT2D eigenvalue weighted by Gasteiger charge is 2.58. The Kier molecular flexibility index (Phi) is 5.31. The van der Waals surface area contributed by atoms with Gasteiger partial charge in [-0.25, -0.2) is 8.42 Å². The third kappa shape index (κ3) is 3.40. The van der Waals surface area contributed by atoms with Crippen molar-refractivity contribution in [2.45, 2.75) is 23.8 Å². The normalized spacial score (nSPS) is 22.3. The van der Waals surface area contributed by atoms with Gasteiger partial charge >= 0.3 is 12.1 Å². The Labute approximate surface area is 177 Å². The van der Waals surface area contributed by atoms with Gasteiger partial charge in [-0.2, -0.15) is 17.5 Å². The summed E-state index contributed by atoms with van der Waals surface area (Å²) in [5.74, 6) is -1.46. The number of carbonyl (C=O) groups is 1. The fourth-order valence-electron chi connectivity index (χ4n) is 4.34. The molecule has 11 heteroatoms. The van der Waals surface area contributed by atoms with E-state index in [1.165, 1.54) is 22.5 Å². The van der Waals surface area contributed by atoms with E-state index in [4.69, 9.17) is 0 Å². The molecule has 1 aliphatic heterocycles. The second kappa shape index (κ2) is 7.57. The van der Waals surface area contributed by atoms with Gasteiger partial charge in [-0.1, -0.05) is 18.2 Å². The van der Waals surface area contributed by atoms with E-state index in [1.54, 1.807) is 6.07 Å². The van der Waals surface area contributed by atoms with Gasteiger partial charge in [-0.05, 0) is 36.1 Å². The molecule has 166 valence electrons. The number of alkyl halides is 3. The third-order valence-electron chi connectivity index (χ3n) is 5.91. The maximum absolute atomic E-state index is 13.5. The van der Waals surface area contributed by atoms with Crippen LogP contribution in [0.2, 0.25) is 0 Å². The second-order valence-electron chi connectivity index (χ2n) is 7.55. The van der Waals surface area contributed by atoms with Gasteiger partial charge in [0.25, 0.3) is 0 Å². The van der Waals surface area contributed by atoms with Crippen LogP contribution in [0.25, 0.3) is 11.3 Å². The molecule has 2 aliphatic rings. The van der Waals surface area contributed by atoms with Crippen molar-refractivity contribution in [3.05, 3.63) is 53.2 Å². The molecule has 0 saturated carbocycles. The predicted molar refractivity (Wildman–Crippen MR) is 106 cm³/mol. The quantitative estimate of drug-likeness (QED) is 0.734. The number of pyridine rings is 1. The Morgan fingerprint density at radius 2 is 1.87 bits per heavy atom. The monoisotopic (exact) mass is 455 g/mol. The average molecular weight is 455 g/mol. The number of aliphatic carboxylic acids is 1. The number of hydrogen-bond donors (Lipinski definition) is 2. The lowest BCUT2D eigenvalue weighted by molar-refractivity contribution is -0.140. The fourth-order valence-corrected chi connectivity index (χ4v) is 6.49. The Morgan fingerprint density at radius 3 is 2.45 bits per heavy atom. The first kappa shape index (κ1) is 21.7. The standard InChI is InChI=1S/C20H20F3N3O4S/c21-20(22,23)13-4-5-17(25-12-13)15-2-1-3-16-14(15)6-7-19(16,18(27)28)31(29,30)26-10-8-24-9-11-26/h1-5,12,24H,6-11H2,(H,27,28). The van der Waals surface area contributed by atoms with Crippen molar-refractivity contribution in [1.29, 1.82) is 0 Å². The number of carboxylic acid groups (broad SMARTS) is 1. The Bertz CT molecular complexity index is 1110. The Morgan fingerprint density at radius 1 is 1.16 bits per heavy atom. The van der Waals surface area contributed by atoms with Gasteiger partial charge in [0.1, 0.15) is 0 Å². The van der Waals surface area contributed by atoms with Crippen LogP contribution >= 0.6 is 0 Å². The van der Waals surface area contributed by atoms with Gasteiger partial charge in [0.15, 0.2) is 0 Å². The lowest BCUT2D eigenvalue weighted by atomic mass is 9.96. The van der Waals surface area contributed by atoms with E-state index in [0.29, 0.717) is 30.4 Å². The fraction of sp³-hybridized carbons (Fsp3) is 0.400. The zero-order valence-electron chi connectivity index (χ0n) is 16.3. The molecule has 2 heterocycles. The molecular formula is C20H20F3N3O4S. The molecule has 0 bridgehead atoms. The number of halogens is 3. The third-order valence-corrected chi connectivity index (χ3v) is 8.43. The van der Waals surface area contributed by atoms with Crippen molar-refractivity contribution >= 4 is 16.0 Å². The molecule has 2 aromatic rings. The van der Waals surface area contributed by atoms with E-state index in [1.807, 2.05) is 0 Å². The van der Waals surface area contributed by atoms with Crippen LogP contribution in [0.5, 0.6) is 0 Å². The summed E-state index contributed by atoms with van der Waals surface area (Å²) < 4.78 is 64.6.